The van der Waals surface area contributed by atoms with Gasteiger partial charge in [-0.05, 0) is 30.0 Å². The quantitative estimate of drug-likeness (QED) is 0.397. The van der Waals surface area contributed by atoms with Crippen LogP contribution in [0.25, 0.3) is 0 Å². The number of pyridine rings is 3. The van der Waals surface area contributed by atoms with Gasteiger partial charge in [0.05, 0.1) is 21.3 Å². The molecule has 0 saturated carbocycles. The SMILES string of the molecule is COc1cccc(C(C)C)n1.COc1cccc(Cl)n1.COc1nc(C(C)C)ccc1B(O)O. The summed E-state index contributed by atoms with van der Waals surface area (Å²) in [7, 11) is 3.10. The number of hydrogen-bond acceptors (Lipinski definition) is 8. The van der Waals surface area contributed by atoms with Crippen LogP contribution in [-0.2, 0) is 0 Å². The monoisotopic (exact) mass is 489 g/mol. The van der Waals surface area contributed by atoms with E-state index in [2.05, 4.69) is 28.8 Å². The Balaban J connectivity index is 0.000000262. The van der Waals surface area contributed by atoms with Crippen LogP contribution in [0.5, 0.6) is 17.6 Å². The van der Waals surface area contributed by atoms with E-state index in [1.165, 1.54) is 7.11 Å². The van der Waals surface area contributed by atoms with Crippen molar-refractivity contribution in [1.82, 2.24) is 15.0 Å². The van der Waals surface area contributed by atoms with E-state index in [0.29, 0.717) is 22.8 Å². The molecule has 3 aromatic heterocycles. The molecule has 3 heterocycles. The van der Waals surface area contributed by atoms with Crippen molar-refractivity contribution in [1.29, 1.82) is 0 Å². The lowest BCUT2D eigenvalue weighted by Crippen LogP contribution is -2.32. The minimum Gasteiger partial charge on any atom is -0.481 e. The molecule has 8 nitrogen and oxygen atoms in total. The van der Waals surface area contributed by atoms with Crippen molar-refractivity contribution >= 4 is 24.2 Å². The Kier molecular flexibility index (Phi) is 13.0. The van der Waals surface area contributed by atoms with Gasteiger partial charge in [0.2, 0.25) is 17.6 Å². The number of methoxy groups -OCH3 is 3. The molecule has 3 aromatic rings. The maximum atomic E-state index is 9.00. The fraction of sp³-hybridized carbons (Fsp3) is 0.375. The third-order valence-electron chi connectivity index (χ3n) is 4.42. The molecule has 3 rings (SSSR count). The first-order chi connectivity index (χ1) is 16.1. The van der Waals surface area contributed by atoms with Gasteiger partial charge in [-0.3, -0.25) is 0 Å². The summed E-state index contributed by atoms with van der Waals surface area (Å²) in [6, 6.07) is 14.4. The van der Waals surface area contributed by atoms with E-state index in [1.807, 2.05) is 32.0 Å². The van der Waals surface area contributed by atoms with Crippen LogP contribution in [0.3, 0.4) is 0 Å². The molecule has 0 amide bonds. The fourth-order valence-electron chi connectivity index (χ4n) is 2.52. The van der Waals surface area contributed by atoms with E-state index >= 15 is 0 Å². The first-order valence-corrected chi connectivity index (χ1v) is 11.1. The maximum absolute atomic E-state index is 9.00. The van der Waals surface area contributed by atoms with Gasteiger partial charge in [-0.2, -0.15) is 0 Å². The molecule has 0 spiro atoms. The van der Waals surface area contributed by atoms with Crippen LogP contribution in [0.1, 0.15) is 50.9 Å². The normalized spacial score (nSPS) is 10.0. The summed E-state index contributed by atoms with van der Waals surface area (Å²) in [5.41, 5.74) is 2.23. The molecule has 0 aliphatic heterocycles. The zero-order chi connectivity index (χ0) is 25.7. The minimum atomic E-state index is -1.54. The second kappa shape index (κ2) is 15.1. The average molecular weight is 490 g/mol. The largest absolute Gasteiger partial charge is 0.494 e. The Hall–Kier alpha value is -2.88. The van der Waals surface area contributed by atoms with Gasteiger partial charge in [-0.25, -0.2) is 15.0 Å². The van der Waals surface area contributed by atoms with Crippen molar-refractivity contribution in [2.45, 2.75) is 39.5 Å². The summed E-state index contributed by atoms with van der Waals surface area (Å²) >= 11 is 5.53. The first kappa shape index (κ1) is 29.2. The van der Waals surface area contributed by atoms with E-state index in [0.717, 1.165) is 11.4 Å². The van der Waals surface area contributed by atoms with Crippen LogP contribution in [0.2, 0.25) is 5.15 Å². The van der Waals surface area contributed by atoms with Crippen molar-refractivity contribution < 1.29 is 24.3 Å². The van der Waals surface area contributed by atoms with Gasteiger partial charge in [0.25, 0.3) is 0 Å². The lowest BCUT2D eigenvalue weighted by atomic mass is 9.80. The second-order valence-electron chi connectivity index (χ2n) is 7.63. The molecule has 34 heavy (non-hydrogen) atoms. The van der Waals surface area contributed by atoms with E-state index in [9.17, 15) is 0 Å². The zero-order valence-electron chi connectivity index (χ0n) is 20.7. The van der Waals surface area contributed by atoms with Crippen LogP contribution >= 0.6 is 11.6 Å². The van der Waals surface area contributed by atoms with Gasteiger partial charge >= 0.3 is 7.12 Å². The third-order valence-corrected chi connectivity index (χ3v) is 4.63. The maximum Gasteiger partial charge on any atom is 0.494 e. The van der Waals surface area contributed by atoms with Crippen LogP contribution < -0.4 is 19.7 Å². The van der Waals surface area contributed by atoms with E-state index < -0.39 is 7.12 Å². The van der Waals surface area contributed by atoms with Crippen molar-refractivity contribution in [2.24, 2.45) is 0 Å². The van der Waals surface area contributed by atoms with Gasteiger partial charge in [-0.15, -0.1) is 0 Å². The Labute approximate surface area is 207 Å². The number of hydrogen-bond donors (Lipinski definition) is 2. The molecule has 0 atom stereocenters. The molecule has 0 fully saturated rings. The Bertz CT molecular complexity index is 1010. The number of aromatic nitrogens is 3. The summed E-state index contributed by atoms with van der Waals surface area (Å²) in [6.45, 7) is 8.25. The highest BCUT2D eigenvalue weighted by atomic mass is 35.5. The van der Waals surface area contributed by atoms with Crippen LogP contribution in [0, 0.1) is 0 Å². The van der Waals surface area contributed by atoms with Gasteiger partial charge in [0, 0.05) is 29.0 Å². The predicted molar refractivity (Wildman–Crippen MR) is 135 cm³/mol. The third kappa shape index (κ3) is 9.95. The molecule has 0 bridgehead atoms. The smallest absolute Gasteiger partial charge is 0.481 e. The molecular formula is C24H33BClN3O5. The molecule has 0 aromatic carbocycles. The van der Waals surface area contributed by atoms with Crippen molar-refractivity contribution in [3.8, 4) is 17.6 Å². The standard InChI is InChI=1S/C9H14BNO3.C9H13NO.C6H6ClNO/c1-6(2)8-5-4-7(10(12)13)9(11-8)14-3;1-7(2)8-5-4-6-9(10-8)11-3;1-9-6-4-2-3-5(7)8-6/h4-6,12-13H,1-3H3;4-7H,1-3H3;2-4H,1H3. The van der Waals surface area contributed by atoms with Crippen LogP contribution in [-0.4, -0.2) is 53.4 Å². The van der Waals surface area contributed by atoms with E-state index in [1.54, 1.807) is 44.6 Å². The zero-order valence-corrected chi connectivity index (χ0v) is 21.4. The highest BCUT2D eigenvalue weighted by Crippen LogP contribution is 2.15. The van der Waals surface area contributed by atoms with Crippen molar-refractivity contribution in [2.75, 3.05) is 21.3 Å². The summed E-state index contributed by atoms with van der Waals surface area (Å²) in [5.74, 6) is 2.25. The Morgan fingerprint density at radius 2 is 1.24 bits per heavy atom. The molecule has 0 aliphatic rings. The molecule has 0 saturated heterocycles. The molecule has 2 N–H and O–H groups in total. The summed E-state index contributed by atoms with van der Waals surface area (Å²) in [5, 5.41) is 18.5. The number of halogens is 1. The summed E-state index contributed by atoms with van der Waals surface area (Å²) in [6.07, 6.45) is 0. The summed E-state index contributed by atoms with van der Waals surface area (Å²) < 4.78 is 14.8. The van der Waals surface area contributed by atoms with Gasteiger partial charge in [0.1, 0.15) is 5.15 Å². The Morgan fingerprint density at radius 3 is 1.68 bits per heavy atom. The van der Waals surface area contributed by atoms with Crippen LogP contribution in [0.4, 0.5) is 0 Å². The lowest BCUT2D eigenvalue weighted by molar-refractivity contribution is 0.389. The van der Waals surface area contributed by atoms with Gasteiger partial charge in [-0.1, -0.05) is 57.5 Å². The number of rotatable bonds is 6. The van der Waals surface area contributed by atoms with E-state index in [-0.39, 0.29) is 17.3 Å². The molecule has 0 unspecified atom stereocenters. The predicted octanol–water partition coefficient (Wildman–Crippen LogP) is 3.85. The first-order valence-electron chi connectivity index (χ1n) is 10.7. The van der Waals surface area contributed by atoms with Gasteiger partial charge < -0.3 is 24.3 Å². The molecule has 10 heteroatoms. The minimum absolute atomic E-state index is 0.270. The van der Waals surface area contributed by atoms with Gasteiger partial charge in [0.15, 0.2) is 0 Å². The van der Waals surface area contributed by atoms with Crippen LogP contribution in [0.15, 0.2) is 48.5 Å². The Morgan fingerprint density at radius 1 is 0.706 bits per heavy atom. The molecule has 184 valence electrons. The average Bonchev–Trinajstić information content (AvgIpc) is 2.84. The lowest BCUT2D eigenvalue weighted by Gasteiger charge is -2.10. The van der Waals surface area contributed by atoms with Crippen molar-refractivity contribution in [3.05, 3.63) is 65.1 Å². The highest BCUT2D eigenvalue weighted by Gasteiger charge is 2.18. The number of nitrogens with zero attached hydrogens (tertiary/aromatic N) is 3. The highest BCUT2D eigenvalue weighted by molar-refractivity contribution is 6.59. The van der Waals surface area contributed by atoms with Crippen molar-refractivity contribution in [3.63, 3.8) is 0 Å². The second-order valence-corrected chi connectivity index (χ2v) is 8.01. The fourth-order valence-corrected chi connectivity index (χ4v) is 2.67. The van der Waals surface area contributed by atoms with E-state index in [4.69, 9.17) is 35.9 Å². The topological polar surface area (TPSA) is 107 Å². The summed E-state index contributed by atoms with van der Waals surface area (Å²) in [4.78, 5) is 12.3. The molecular weight excluding hydrogens is 457 g/mol. The number of ether oxygens (including phenoxy) is 3. The molecule has 0 aliphatic carbocycles. The molecule has 0 radical (unpaired) electrons.